The van der Waals surface area contributed by atoms with Crippen molar-refractivity contribution in [3.63, 3.8) is 0 Å². The second-order valence-electron chi connectivity index (χ2n) is 4.69. The van der Waals surface area contributed by atoms with Crippen molar-refractivity contribution in [3.8, 4) is 0 Å². The Hall–Kier alpha value is -1.39. The van der Waals surface area contributed by atoms with Gasteiger partial charge in [-0.1, -0.05) is 13.3 Å². The molecule has 0 spiro atoms. The van der Waals surface area contributed by atoms with Crippen molar-refractivity contribution in [2.75, 3.05) is 6.54 Å². The first-order valence-electron chi connectivity index (χ1n) is 5.68. The van der Waals surface area contributed by atoms with Gasteiger partial charge in [0.25, 0.3) is 0 Å². The number of carbonyl (C=O) groups is 3. The molecule has 2 atom stereocenters. The van der Waals surface area contributed by atoms with Gasteiger partial charge in [0.05, 0.1) is 11.8 Å². The summed E-state index contributed by atoms with van der Waals surface area (Å²) in [6.07, 6.45) is 2.56. The SMILES string of the molecule is CCC1CC2C(=O)N(CC(N)=O)C(=O)C2C1. The molecule has 0 bridgehead atoms. The standard InChI is InChI=1S/C11H16N2O3/c1-2-6-3-7-8(4-6)11(16)13(10(7)15)5-9(12)14/h6-8H,2-5H2,1H3,(H2,12,14). The number of carbonyl (C=O) groups excluding carboxylic acids is 3. The number of nitrogens with zero attached hydrogens (tertiary/aromatic N) is 1. The molecule has 2 unspecified atom stereocenters. The molecule has 0 aromatic heterocycles. The van der Waals surface area contributed by atoms with Crippen molar-refractivity contribution in [2.24, 2.45) is 23.5 Å². The lowest BCUT2D eigenvalue weighted by Crippen LogP contribution is -2.39. The van der Waals surface area contributed by atoms with E-state index in [-0.39, 0.29) is 30.2 Å². The topological polar surface area (TPSA) is 80.5 Å². The van der Waals surface area contributed by atoms with Crippen LogP contribution in [0.15, 0.2) is 0 Å². The Morgan fingerprint density at radius 3 is 2.19 bits per heavy atom. The predicted molar refractivity (Wildman–Crippen MR) is 55.9 cm³/mol. The summed E-state index contributed by atoms with van der Waals surface area (Å²) in [5.74, 6) is -0.963. The number of amides is 3. The molecule has 16 heavy (non-hydrogen) atoms. The Morgan fingerprint density at radius 1 is 1.31 bits per heavy atom. The number of nitrogens with two attached hydrogens (primary N) is 1. The Morgan fingerprint density at radius 2 is 1.81 bits per heavy atom. The van der Waals surface area contributed by atoms with E-state index in [2.05, 4.69) is 6.92 Å². The summed E-state index contributed by atoms with van der Waals surface area (Å²) in [7, 11) is 0. The minimum Gasteiger partial charge on any atom is -0.368 e. The maximum absolute atomic E-state index is 11.9. The number of rotatable bonds is 3. The smallest absolute Gasteiger partial charge is 0.237 e. The molecule has 2 rings (SSSR count). The molecule has 1 heterocycles. The average Bonchev–Trinajstić information content (AvgIpc) is 2.74. The molecule has 3 amide bonds. The van der Waals surface area contributed by atoms with Gasteiger partial charge in [-0.2, -0.15) is 0 Å². The molecule has 1 aliphatic carbocycles. The molecule has 0 aromatic carbocycles. The van der Waals surface area contributed by atoms with Crippen molar-refractivity contribution >= 4 is 17.7 Å². The molecule has 2 N–H and O–H groups in total. The van der Waals surface area contributed by atoms with Crippen LogP contribution in [0.25, 0.3) is 0 Å². The first-order valence-corrected chi connectivity index (χ1v) is 5.68. The molecule has 1 aliphatic heterocycles. The fourth-order valence-electron chi connectivity index (χ4n) is 2.84. The van der Waals surface area contributed by atoms with Gasteiger partial charge in [0, 0.05) is 0 Å². The lowest BCUT2D eigenvalue weighted by Gasteiger charge is -2.15. The van der Waals surface area contributed by atoms with E-state index in [9.17, 15) is 14.4 Å². The Labute approximate surface area is 94.0 Å². The molecule has 88 valence electrons. The van der Waals surface area contributed by atoms with E-state index in [1.54, 1.807) is 0 Å². The van der Waals surface area contributed by atoms with Crippen LogP contribution in [0.3, 0.4) is 0 Å². The number of primary amides is 1. The molecule has 0 aromatic rings. The summed E-state index contributed by atoms with van der Waals surface area (Å²) in [6.45, 7) is 1.81. The van der Waals surface area contributed by atoms with Crippen molar-refractivity contribution in [1.82, 2.24) is 4.90 Å². The zero-order valence-electron chi connectivity index (χ0n) is 9.31. The van der Waals surface area contributed by atoms with E-state index in [0.717, 1.165) is 24.2 Å². The minimum atomic E-state index is -0.631. The highest BCUT2D eigenvalue weighted by Gasteiger charge is 2.52. The van der Waals surface area contributed by atoms with Crippen LogP contribution in [-0.2, 0) is 14.4 Å². The first kappa shape index (κ1) is 11.1. The van der Waals surface area contributed by atoms with E-state index in [0.29, 0.717) is 5.92 Å². The van der Waals surface area contributed by atoms with Crippen molar-refractivity contribution < 1.29 is 14.4 Å². The van der Waals surface area contributed by atoms with Gasteiger partial charge >= 0.3 is 0 Å². The second-order valence-corrected chi connectivity index (χ2v) is 4.69. The second kappa shape index (κ2) is 3.88. The highest BCUT2D eigenvalue weighted by molar-refractivity contribution is 6.07. The van der Waals surface area contributed by atoms with E-state index >= 15 is 0 Å². The summed E-state index contributed by atoms with van der Waals surface area (Å²) >= 11 is 0. The minimum absolute atomic E-state index is 0.197. The molecule has 1 saturated carbocycles. The van der Waals surface area contributed by atoms with Gasteiger partial charge in [-0.15, -0.1) is 0 Å². The highest BCUT2D eigenvalue weighted by Crippen LogP contribution is 2.44. The third kappa shape index (κ3) is 1.60. The van der Waals surface area contributed by atoms with Gasteiger partial charge in [-0.25, -0.2) is 0 Å². The third-order valence-electron chi connectivity index (χ3n) is 3.72. The monoisotopic (exact) mass is 224 g/mol. The summed E-state index contributed by atoms with van der Waals surface area (Å²) in [5, 5.41) is 0. The number of imide groups is 1. The maximum atomic E-state index is 11.9. The fraction of sp³-hybridized carbons (Fsp3) is 0.727. The van der Waals surface area contributed by atoms with Crippen LogP contribution in [0.4, 0.5) is 0 Å². The summed E-state index contributed by atoms with van der Waals surface area (Å²) in [5.41, 5.74) is 5.02. The van der Waals surface area contributed by atoms with Crippen LogP contribution in [-0.4, -0.2) is 29.2 Å². The lowest BCUT2D eigenvalue weighted by atomic mass is 10.00. The van der Waals surface area contributed by atoms with Crippen molar-refractivity contribution in [3.05, 3.63) is 0 Å². The zero-order chi connectivity index (χ0) is 11.9. The Balaban J connectivity index is 2.13. The van der Waals surface area contributed by atoms with Gasteiger partial charge in [0.1, 0.15) is 6.54 Å². The van der Waals surface area contributed by atoms with Crippen LogP contribution >= 0.6 is 0 Å². The molecule has 0 radical (unpaired) electrons. The Kier molecular flexibility index (Phi) is 2.69. The van der Waals surface area contributed by atoms with Gasteiger partial charge in [0.2, 0.25) is 17.7 Å². The van der Waals surface area contributed by atoms with E-state index < -0.39 is 5.91 Å². The molecule has 5 nitrogen and oxygen atoms in total. The molecule has 5 heteroatoms. The third-order valence-corrected chi connectivity index (χ3v) is 3.72. The van der Waals surface area contributed by atoms with E-state index in [1.165, 1.54) is 0 Å². The quantitative estimate of drug-likeness (QED) is 0.679. The summed E-state index contributed by atoms with van der Waals surface area (Å²) in [4.78, 5) is 35.6. The largest absolute Gasteiger partial charge is 0.368 e. The van der Waals surface area contributed by atoms with Crippen LogP contribution < -0.4 is 5.73 Å². The van der Waals surface area contributed by atoms with Crippen molar-refractivity contribution in [1.29, 1.82) is 0 Å². The number of hydrogen-bond donors (Lipinski definition) is 1. The van der Waals surface area contributed by atoms with Crippen molar-refractivity contribution in [2.45, 2.75) is 26.2 Å². The van der Waals surface area contributed by atoms with Gasteiger partial charge in [-0.3, -0.25) is 19.3 Å². The van der Waals surface area contributed by atoms with Crippen LogP contribution in [0.1, 0.15) is 26.2 Å². The molecular formula is C11H16N2O3. The summed E-state index contributed by atoms with van der Waals surface area (Å²) in [6, 6.07) is 0. The van der Waals surface area contributed by atoms with Crippen LogP contribution in [0.2, 0.25) is 0 Å². The number of fused-ring (bicyclic) bond motifs is 1. The van der Waals surface area contributed by atoms with Gasteiger partial charge in [0.15, 0.2) is 0 Å². The fourth-order valence-corrected chi connectivity index (χ4v) is 2.84. The van der Waals surface area contributed by atoms with E-state index in [1.807, 2.05) is 0 Å². The number of likely N-dealkylation sites (tertiary alicyclic amines) is 1. The molecule has 2 fully saturated rings. The van der Waals surface area contributed by atoms with Crippen LogP contribution in [0.5, 0.6) is 0 Å². The van der Waals surface area contributed by atoms with Gasteiger partial charge in [-0.05, 0) is 18.8 Å². The molecule has 2 aliphatic rings. The molecule has 1 saturated heterocycles. The average molecular weight is 224 g/mol. The normalized spacial score (nSPS) is 33.3. The van der Waals surface area contributed by atoms with Crippen LogP contribution in [0, 0.1) is 17.8 Å². The predicted octanol–water partition coefficient (Wildman–Crippen LogP) is -0.107. The Bertz CT molecular complexity index is 329. The number of hydrogen-bond acceptors (Lipinski definition) is 3. The lowest BCUT2D eigenvalue weighted by molar-refractivity contribution is -0.143. The first-order chi connectivity index (χ1) is 7.54. The summed E-state index contributed by atoms with van der Waals surface area (Å²) < 4.78 is 0. The zero-order valence-corrected chi connectivity index (χ0v) is 9.31. The van der Waals surface area contributed by atoms with E-state index in [4.69, 9.17) is 5.73 Å². The van der Waals surface area contributed by atoms with Gasteiger partial charge < -0.3 is 5.73 Å². The molecular weight excluding hydrogens is 208 g/mol. The maximum Gasteiger partial charge on any atom is 0.237 e. The highest BCUT2D eigenvalue weighted by atomic mass is 16.2.